The van der Waals surface area contributed by atoms with Gasteiger partial charge in [0, 0.05) is 16.6 Å². The topological polar surface area (TPSA) is 60.5 Å². The Labute approximate surface area is 158 Å². The minimum absolute atomic E-state index is 0.0908. The van der Waals surface area contributed by atoms with Gasteiger partial charge in [-0.05, 0) is 42.3 Å². The van der Waals surface area contributed by atoms with Gasteiger partial charge in [0.1, 0.15) is 0 Å². The van der Waals surface area contributed by atoms with Crippen molar-refractivity contribution in [1.82, 2.24) is 10.3 Å². The van der Waals surface area contributed by atoms with Crippen LogP contribution in [0.5, 0.6) is 11.5 Å². The molecule has 0 unspecified atom stereocenters. The lowest BCUT2D eigenvalue weighted by atomic mass is 10.1. The molecule has 5 nitrogen and oxygen atoms in total. The molecule has 0 aliphatic rings. The number of rotatable bonds is 6. The van der Waals surface area contributed by atoms with Gasteiger partial charge in [-0.15, -0.1) is 11.3 Å². The van der Waals surface area contributed by atoms with Crippen LogP contribution in [0.25, 0.3) is 10.2 Å². The summed E-state index contributed by atoms with van der Waals surface area (Å²) in [5.41, 5.74) is 4.37. The second-order valence-electron chi connectivity index (χ2n) is 5.34. The molecule has 1 N–H and O–H groups in total. The number of aromatic nitrogens is 1. The van der Waals surface area contributed by atoms with Gasteiger partial charge in [0.2, 0.25) is 0 Å². The lowest BCUT2D eigenvalue weighted by molar-refractivity contribution is 0.0954. The maximum absolute atomic E-state index is 12.3. The summed E-state index contributed by atoms with van der Waals surface area (Å²) in [6, 6.07) is 9.32. The summed E-state index contributed by atoms with van der Waals surface area (Å²) in [5.74, 6) is 1.24. The largest absolute Gasteiger partial charge is 0.493 e. The molecule has 0 saturated heterocycles. The number of hydrogen-bond donors (Lipinski definition) is 1. The molecule has 0 saturated carbocycles. The smallest absolute Gasteiger partial charge is 0.251 e. The third-order valence-electron chi connectivity index (χ3n) is 3.83. The molecule has 0 radical (unpaired) electrons. The van der Waals surface area contributed by atoms with Gasteiger partial charge < -0.3 is 14.8 Å². The minimum Gasteiger partial charge on any atom is -0.493 e. The zero-order valence-electron chi connectivity index (χ0n) is 13.8. The summed E-state index contributed by atoms with van der Waals surface area (Å²) in [5, 5.41) is 2.95. The van der Waals surface area contributed by atoms with Crippen molar-refractivity contribution in [1.29, 1.82) is 0 Å². The quantitative estimate of drug-likeness (QED) is 0.653. The van der Waals surface area contributed by atoms with Gasteiger partial charge in [0.05, 0.1) is 29.9 Å². The Kier molecular flexibility index (Phi) is 5.55. The van der Waals surface area contributed by atoms with E-state index in [1.54, 1.807) is 25.8 Å². The van der Waals surface area contributed by atoms with E-state index in [1.165, 1.54) is 11.3 Å². The Bertz CT molecular complexity index is 910. The zero-order chi connectivity index (χ0) is 17.8. The molecular formula is C18H17BrN2O3S. The predicted molar refractivity (Wildman–Crippen MR) is 103 cm³/mol. The second-order valence-corrected chi connectivity index (χ2v) is 7.08. The molecule has 1 amide bonds. The van der Waals surface area contributed by atoms with Crippen LogP contribution in [0, 0.1) is 0 Å². The maximum atomic E-state index is 12.3. The summed E-state index contributed by atoms with van der Waals surface area (Å²) in [4.78, 5) is 16.5. The van der Waals surface area contributed by atoms with E-state index in [4.69, 9.17) is 9.47 Å². The molecule has 0 bridgehead atoms. The molecular weight excluding hydrogens is 404 g/mol. The number of thiazole rings is 1. The van der Waals surface area contributed by atoms with Gasteiger partial charge in [-0.25, -0.2) is 4.98 Å². The molecule has 130 valence electrons. The van der Waals surface area contributed by atoms with Crippen LogP contribution in [0.3, 0.4) is 0 Å². The fourth-order valence-electron chi connectivity index (χ4n) is 2.50. The number of carbonyl (C=O) groups excluding carboxylic acids is 1. The van der Waals surface area contributed by atoms with Crippen LogP contribution in [0.1, 0.15) is 15.9 Å². The number of ether oxygens (including phenoxy) is 2. The molecule has 2 aromatic carbocycles. The van der Waals surface area contributed by atoms with Crippen LogP contribution in [0.15, 0.2) is 40.3 Å². The lowest BCUT2D eigenvalue weighted by Gasteiger charge is -2.12. The van der Waals surface area contributed by atoms with E-state index >= 15 is 0 Å². The van der Waals surface area contributed by atoms with Crippen molar-refractivity contribution in [2.24, 2.45) is 0 Å². The number of methoxy groups -OCH3 is 2. The first-order valence-corrected chi connectivity index (χ1v) is 9.31. The van der Waals surface area contributed by atoms with Crippen LogP contribution >= 0.6 is 27.3 Å². The number of hydrogen-bond acceptors (Lipinski definition) is 5. The summed E-state index contributed by atoms with van der Waals surface area (Å²) in [7, 11) is 3.21. The fourth-order valence-corrected chi connectivity index (χ4v) is 3.73. The van der Waals surface area contributed by atoms with Crippen molar-refractivity contribution < 1.29 is 14.3 Å². The second kappa shape index (κ2) is 7.84. The highest BCUT2D eigenvalue weighted by Gasteiger charge is 2.11. The van der Waals surface area contributed by atoms with Crippen LogP contribution < -0.4 is 14.8 Å². The predicted octanol–water partition coefficient (Wildman–Crippen LogP) is 4.05. The molecule has 1 aromatic heterocycles. The number of amides is 1. The van der Waals surface area contributed by atoms with Crippen molar-refractivity contribution in [3.63, 3.8) is 0 Å². The summed E-state index contributed by atoms with van der Waals surface area (Å²) >= 11 is 5.06. The van der Waals surface area contributed by atoms with Crippen molar-refractivity contribution in [2.75, 3.05) is 20.8 Å². The van der Waals surface area contributed by atoms with Crippen molar-refractivity contribution in [2.45, 2.75) is 6.42 Å². The molecule has 1 heterocycles. The Morgan fingerprint density at radius 1 is 1.20 bits per heavy atom. The summed E-state index contributed by atoms with van der Waals surface area (Å²) in [6.07, 6.45) is 0.676. The standard InChI is InChI=1S/C18H17BrN2O3S/c1-23-15-7-11(13(19)9-16(15)24-2)5-6-20-18(22)12-3-4-14-17(8-12)25-10-21-14/h3-4,7-10H,5-6H2,1-2H3,(H,20,22). The Hall–Kier alpha value is -2.12. The molecule has 0 aliphatic heterocycles. The zero-order valence-corrected chi connectivity index (χ0v) is 16.2. The van der Waals surface area contributed by atoms with E-state index in [1.807, 2.05) is 24.3 Å². The van der Waals surface area contributed by atoms with E-state index in [0.717, 1.165) is 20.3 Å². The average Bonchev–Trinajstić information content (AvgIpc) is 3.10. The molecule has 7 heteroatoms. The van der Waals surface area contributed by atoms with E-state index in [-0.39, 0.29) is 5.91 Å². The normalized spacial score (nSPS) is 10.7. The van der Waals surface area contributed by atoms with Crippen LogP contribution in [0.2, 0.25) is 0 Å². The number of nitrogens with zero attached hydrogens (tertiary/aromatic N) is 1. The SMILES string of the molecule is COc1cc(Br)c(CCNC(=O)c2ccc3ncsc3c2)cc1OC. The van der Waals surface area contributed by atoms with Gasteiger partial charge in [0.15, 0.2) is 11.5 Å². The maximum Gasteiger partial charge on any atom is 0.251 e. The third-order valence-corrected chi connectivity index (χ3v) is 5.36. The molecule has 25 heavy (non-hydrogen) atoms. The number of fused-ring (bicyclic) bond motifs is 1. The van der Waals surface area contributed by atoms with E-state index < -0.39 is 0 Å². The van der Waals surface area contributed by atoms with Crippen molar-refractivity contribution >= 4 is 43.4 Å². The van der Waals surface area contributed by atoms with Crippen LogP contribution in [0.4, 0.5) is 0 Å². The van der Waals surface area contributed by atoms with Crippen molar-refractivity contribution in [3.05, 3.63) is 51.4 Å². The lowest BCUT2D eigenvalue weighted by Crippen LogP contribution is -2.25. The number of halogens is 1. The molecule has 3 rings (SSSR count). The van der Waals surface area contributed by atoms with E-state index in [0.29, 0.717) is 30.0 Å². The number of benzene rings is 2. The highest BCUT2D eigenvalue weighted by molar-refractivity contribution is 9.10. The fraction of sp³-hybridized carbons (Fsp3) is 0.222. The Morgan fingerprint density at radius 3 is 2.72 bits per heavy atom. The van der Waals surface area contributed by atoms with Gasteiger partial charge in [-0.3, -0.25) is 4.79 Å². The first-order chi connectivity index (χ1) is 12.1. The molecule has 0 atom stereocenters. The molecule has 0 aliphatic carbocycles. The average molecular weight is 421 g/mol. The van der Waals surface area contributed by atoms with Gasteiger partial charge in [-0.1, -0.05) is 15.9 Å². The van der Waals surface area contributed by atoms with Crippen LogP contribution in [-0.2, 0) is 6.42 Å². The number of nitrogens with one attached hydrogen (secondary N) is 1. The first-order valence-electron chi connectivity index (χ1n) is 7.64. The third kappa shape index (κ3) is 3.93. The van der Waals surface area contributed by atoms with E-state index in [9.17, 15) is 4.79 Å². The highest BCUT2D eigenvalue weighted by atomic mass is 79.9. The first kappa shape index (κ1) is 17.7. The minimum atomic E-state index is -0.0908. The van der Waals surface area contributed by atoms with Gasteiger partial charge in [0.25, 0.3) is 5.91 Å². The summed E-state index contributed by atoms with van der Waals surface area (Å²) in [6.45, 7) is 0.521. The van der Waals surface area contributed by atoms with Gasteiger partial charge >= 0.3 is 0 Å². The monoisotopic (exact) mass is 420 g/mol. The van der Waals surface area contributed by atoms with Gasteiger partial charge in [-0.2, -0.15) is 0 Å². The highest BCUT2D eigenvalue weighted by Crippen LogP contribution is 2.33. The molecule has 0 spiro atoms. The Balaban J connectivity index is 1.65. The Morgan fingerprint density at radius 2 is 1.96 bits per heavy atom. The van der Waals surface area contributed by atoms with E-state index in [2.05, 4.69) is 26.2 Å². The van der Waals surface area contributed by atoms with Crippen molar-refractivity contribution in [3.8, 4) is 11.5 Å². The summed E-state index contributed by atoms with van der Waals surface area (Å²) < 4.78 is 12.5. The number of carbonyl (C=O) groups is 1. The molecule has 0 fully saturated rings. The molecule has 3 aromatic rings. The van der Waals surface area contributed by atoms with Crippen LogP contribution in [-0.4, -0.2) is 31.7 Å².